The fourth-order valence-corrected chi connectivity index (χ4v) is 5.77. The molecular weight excluding hydrogens is 558 g/mol. The van der Waals surface area contributed by atoms with Crippen LogP contribution in [0, 0.1) is 18.8 Å². The van der Waals surface area contributed by atoms with Crippen molar-refractivity contribution >= 4 is 23.1 Å². The predicted molar refractivity (Wildman–Crippen MR) is 172 cm³/mol. The Balaban J connectivity index is 1.69. The van der Waals surface area contributed by atoms with Gasteiger partial charge in [0.1, 0.15) is 17.5 Å². The van der Waals surface area contributed by atoms with Crippen LogP contribution in [0.3, 0.4) is 0 Å². The number of fused-ring (bicyclic) bond motifs is 1. The van der Waals surface area contributed by atoms with E-state index in [-0.39, 0.29) is 35.6 Å². The predicted octanol–water partition coefficient (Wildman–Crippen LogP) is 5.42. The highest BCUT2D eigenvalue weighted by molar-refractivity contribution is 5.81. The van der Waals surface area contributed by atoms with Gasteiger partial charge in [0.05, 0.1) is 17.1 Å². The fourth-order valence-electron chi connectivity index (χ4n) is 5.77. The van der Waals surface area contributed by atoms with E-state index in [9.17, 15) is 14.4 Å². The van der Waals surface area contributed by atoms with Gasteiger partial charge in [-0.25, -0.2) is 9.78 Å². The number of nitrogens with one attached hydrogen (secondary N) is 1. The Morgan fingerprint density at radius 2 is 1.86 bits per heavy atom. The van der Waals surface area contributed by atoms with Crippen molar-refractivity contribution < 1.29 is 19.1 Å². The highest BCUT2D eigenvalue weighted by Gasteiger charge is 2.29. The summed E-state index contributed by atoms with van der Waals surface area (Å²) in [6.45, 7) is 17.6. The van der Waals surface area contributed by atoms with E-state index in [0.29, 0.717) is 31.7 Å². The number of amides is 1. The van der Waals surface area contributed by atoms with Gasteiger partial charge in [-0.15, -0.1) is 0 Å². The largest absolute Gasteiger partial charge is 0.462 e. The Kier molecular flexibility index (Phi) is 10.2. The maximum Gasteiger partial charge on any atom is 0.410 e. The van der Waals surface area contributed by atoms with Crippen molar-refractivity contribution in [3.63, 3.8) is 0 Å². The molecule has 0 radical (unpaired) electrons. The Labute approximate surface area is 260 Å². The lowest BCUT2D eigenvalue weighted by atomic mass is 9.98. The summed E-state index contributed by atoms with van der Waals surface area (Å²) in [6.07, 6.45) is 3.23. The van der Waals surface area contributed by atoms with Crippen LogP contribution in [0.5, 0.6) is 0 Å². The Morgan fingerprint density at radius 3 is 2.50 bits per heavy atom. The highest BCUT2D eigenvalue weighted by Crippen LogP contribution is 2.29. The lowest BCUT2D eigenvalue weighted by Crippen LogP contribution is -2.43. The van der Waals surface area contributed by atoms with Crippen molar-refractivity contribution in [1.82, 2.24) is 24.3 Å². The van der Waals surface area contributed by atoms with Crippen LogP contribution >= 0.6 is 0 Å². The molecule has 2 atom stereocenters. The number of aryl methyl sites for hydroxylation is 2. The minimum atomic E-state index is -0.552. The minimum Gasteiger partial charge on any atom is -0.462 e. The van der Waals surface area contributed by atoms with E-state index in [0.717, 1.165) is 40.8 Å². The molecule has 10 heteroatoms. The molecule has 1 N–H and O–H groups in total. The molecule has 4 rings (SSSR count). The number of piperidine rings is 1. The van der Waals surface area contributed by atoms with E-state index in [2.05, 4.69) is 16.0 Å². The number of pyridine rings is 1. The number of carbonyl (C=O) groups excluding carboxylic acids is 2. The van der Waals surface area contributed by atoms with Gasteiger partial charge >= 0.3 is 12.1 Å². The molecule has 1 saturated heterocycles. The standard InChI is InChI=1S/C34H49N5O5/c1-21(2)29(32(41)43-22(3)4)35-17-24-12-13-27-28(16-24)39(30(36-27)26-15-23(5)31(40)37(9)20-26)19-25-11-10-14-38(18-25)33(42)44-34(6,7)8/h12-13,15-16,20-22,25,29,35H,10-11,14,17-19H2,1-9H3. The van der Waals surface area contributed by atoms with Crippen LogP contribution in [0.4, 0.5) is 4.79 Å². The third-order valence-corrected chi connectivity index (χ3v) is 7.84. The quantitative estimate of drug-likeness (QED) is 0.324. The second-order valence-electron chi connectivity index (χ2n) is 13.7. The lowest BCUT2D eigenvalue weighted by Gasteiger charge is -2.34. The first-order valence-electron chi connectivity index (χ1n) is 15.7. The summed E-state index contributed by atoms with van der Waals surface area (Å²) >= 11 is 0. The highest BCUT2D eigenvalue weighted by atomic mass is 16.6. The summed E-state index contributed by atoms with van der Waals surface area (Å²) in [7, 11) is 1.75. The van der Waals surface area contributed by atoms with Gasteiger partial charge in [0.2, 0.25) is 0 Å². The zero-order valence-electron chi connectivity index (χ0n) is 27.8. The van der Waals surface area contributed by atoms with Gasteiger partial charge in [-0.3, -0.25) is 9.59 Å². The number of imidazole rings is 1. The maximum atomic E-state index is 12.9. The molecular formula is C34H49N5O5. The van der Waals surface area contributed by atoms with Crippen LogP contribution in [0.25, 0.3) is 22.4 Å². The topological polar surface area (TPSA) is 108 Å². The smallest absolute Gasteiger partial charge is 0.410 e. The first-order valence-corrected chi connectivity index (χ1v) is 15.7. The summed E-state index contributed by atoms with van der Waals surface area (Å²) in [6, 6.07) is 7.62. The van der Waals surface area contributed by atoms with Gasteiger partial charge in [-0.05, 0) is 90.0 Å². The molecule has 2 aromatic heterocycles. The molecule has 0 bridgehead atoms. The molecule has 44 heavy (non-hydrogen) atoms. The second-order valence-corrected chi connectivity index (χ2v) is 13.7. The average Bonchev–Trinajstić information content (AvgIpc) is 3.27. The third kappa shape index (κ3) is 8.08. The van der Waals surface area contributed by atoms with Gasteiger partial charge in [0.25, 0.3) is 5.56 Å². The first-order chi connectivity index (χ1) is 20.6. The summed E-state index contributed by atoms with van der Waals surface area (Å²) in [5, 5.41) is 3.40. The molecule has 2 unspecified atom stereocenters. The molecule has 1 aliphatic rings. The van der Waals surface area contributed by atoms with Gasteiger partial charge < -0.3 is 28.8 Å². The second kappa shape index (κ2) is 13.5. The van der Waals surface area contributed by atoms with Crippen LogP contribution in [0.15, 0.2) is 35.3 Å². The Morgan fingerprint density at radius 1 is 1.14 bits per heavy atom. The monoisotopic (exact) mass is 607 g/mol. The van der Waals surface area contributed by atoms with Crippen LogP contribution in [0.1, 0.15) is 72.4 Å². The van der Waals surface area contributed by atoms with Gasteiger partial charge in [0, 0.05) is 50.6 Å². The van der Waals surface area contributed by atoms with E-state index in [4.69, 9.17) is 14.5 Å². The van der Waals surface area contributed by atoms with Gasteiger partial charge in [-0.2, -0.15) is 0 Å². The van der Waals surface area contributed by atoms with Crippen LogP contribution in [-0.2, 0) is 34.4 Å². The zero-order chi connectivity index (χ0) is 32.3. The third-order valence-electron chi connectivity index (χ3n) is 7.84. The first kappa shape index (κ1) is 33.2. The summed E-state index contributed by atoms with van der Waals surface area (Å²) in [5.74, 6) is 0.785. The van der Waals surface area contributed by atoms with Gasteiger partial charge in [-0.1, -0.05) is 19.9 Å². The number of hydrogen-bond donors (Lipinski definition) is 1. The fraction of sp³-hybridized carbons (Fsp3) is 0.588. The van der Waals surface area contributed by atoms with Gasteiger partial charge in [0.15, 0.2) is 0 Å². The Hall–Kier alpha value is -3.66. The number of carbonyl (C=O) groups is 2. The number of ether oxygens (including phenoxy) is 2. The molecule has 1 amide bonds. The molecule has 3 aromatic rings. The number of likely N-dealkylation sites (tertiary alicyclic amines) is 1. The van der Waals surface area contributed by atoms with Crippen LogP contribution in [-0.4, -0.2) is 61.9 Å². The van der Waals surface area contributed by atoms with Crippen molar-refractivity contribution in [1.29, 1.82) is 0 Å². The van der Waals surface area contributed by atoms with E-state index >= 15 is 0 Å². The normalized spacial score (nSPS) is 16.5. The van der Waals surface area contributed by atoms with E-state index < -0.39 is 11.6 Å². The molecule has 3 heterocycles. The molecule has 10 nitrogen and oxygen atoms in total. The van der Waals surface area contributed by atoms with Crippen LogP contribution < -0.4 is 10.9 Å². The average molecular weight is 608 g/mol. The van der Waals surface area contributed by atoms with Crippen molar-refractivity contribution in [2.45, 2.75) is 99.1 Å². The molecule has 1 aromatic carbocycles. The molecule has 1 fully saturated rings. The molecule has 0 saturated carbocycles. The number of aromatic nitrogens is 3. The molecule has 240 valence electrons. The summed E-state index contributed by atoms with van der Waals surface area (Å²) in [4.78, 5) is 45.0. The van der Waals surface area contributed by atoms with Crippen molar-refractivity contribution in [3.05, 3.63) is 51.9 Å². The number of hydrogen-bond acceptors (Lipinski definition) is 7. The number of esters is 1. The maximum absolute atomic E-state index is 12.9. The van der Waals surface area contributed by atoms with Crippen molar-refractivity contribution in [3.8, 4) is 11.4 Å². The molecule has 0 spiro atoms. The summed E-state index contributed by atoms with van der Waals surface area (Å²) < 4.78 is 15.0. The number of rotatable bonds is 9. The number of nitrogens with zero attached hydrogens (tertiary/aromatic N) is 4. The van der Waals surface area contributed by atoms with E-state index in [1.54, 1.807) is 11.6 Å². The lowest BCUT2D eigenvalue weighted by molar-refractivity contribution is -0.151. The minimum absolute atomic E-state index is 0.0410. The Bertz CT molecular complexity index is 1520. The molecule has 0 aliphatic carbocycles. The molecule has 1 aliphatic heterocycles. The van der Waals surface area contributed by atoms with Crippen LogP contribution in [0.2, 0.25) is 0 Å². The SMILES string of the molecule is Cc1cc(-c2nc3ccc(CNC(C(=O)OC(C)C)C(C)C)cc3n2CC2CCCN(C(=O)OC(C)(C)C)C2)cn(C)c1=O. The van der Waals surface area contributed by atoms with Crippen molar-refractivity contribution in [2.75, 3.05) is 13.1 Å². The number of benzene rings is 1. The zero-order valence-corrected chi connectivity index (χ0v) is 27.8. The van der Waals surface area contributed by atoms with Crippen molar-refractivity contribution in [2.24, 2.45) is 18.9 Å². The van der Waals surface area contributed by atoms with E-state index in [1.807, 2.05) is 84.7 Å². The summed E-state index contributed by atoms with van der Waals surface area (Å²) in [5.41, 5.74) is 3.74. The van der Waals surface area contributed by atoms with E-state index in [1.165, 1.54) is 0 Å².